The fourth-order valence-corrected chi connectivity index (χ4v) is 5.68. The number of aromatic nitrogens is 5. The van der Waals surface area contributed by atoms with Gasteiger partial charge in [-0.3, -0.25) is 4.79 Å². The van der Waals surface area contributed by atoms with Crippen LogP contribution < -0.4 is 20.3 Å². The van der Waals surface area contributed by atoms with Gasteiger partial charge in [0.1, 0.15) is 5.75 Å². The number of likely N-dealkylation sites (N-methyl/N-ethyl adjacent to an activating group) is 2. The van der Waals surface area contributed by atoms with Crippen LogP contribution in [-0.2, 0) is 17.8 Å². The summed E-state index contributed by atoms with van der Waals surface area (Å²) in [5, 5.41) is 11.4. The molecule has 4 heterocycles. The summed E-state index contributed by atoms with van der Waals surface area (Å²) in [5.41, 5.74) is 6.76. The van der Waals surface area contributed by atoms with Crippen molar-refractivity contribution in [2.24, 2.45) is 0 Å². The first kappa shape index (κ1) is 29.8. The van der Waals surface area contributed by atoms with Crippen molar-refractivity contribution in [2.75, 3.05) is 56.9 Å². The van der Waals surface area contributed by atoms with Crippen molar-refractivity contribution >= 4 is 39.8 Å². The molecule has 5 aromatic rings. The van der Waals surface area contributed by atoms with Gasteiger partial charge in [0.25, 0.3) is 5.89 Å². The van der Waals surface area contributed by atoms with Crippen LogP contribution in [0.2, 0.25) is 0 Å². The van der Waals surface area contributed by atoms with Gasteiger partial charge in [-0.25, -0.2) is 9.97 Å². The molecule has 0 radical (unpaired) electrons. The van der Waals surface area contributed by atoms with E-state index in [0.29, 0.717) is 46.0 Å². The summed E-state index contributed by atoms with van der Waals surface area (Å²) >= 11 is 0. The maximum atomic E-state index is 12.4. The van der Waals surface area contributed by atoms with Gasteiger partial charge in [0.2, 0.25) is 11.9 Å². The highest BCUT2D eigenvalue weighted by Crippen LogP contribution is 2.41. The van der Waals surface area contributed by atoms with Gasteiger partial charge in [-0.2, -0.15) is 4.98 Å². The lowest BCUT2D eigenvalue weighted by atomic mass is 10.0. The number of aryl methyl sites for hydroxylation is 3. The summed E-state index contributed by atoms with van der Waals surface area (Å²) in [6.45, 7) is 7.89. The van der Waals surface area contributed by atoms with Gasteiger partial charge in [0.05, 0.1) is 40.9 Å². The van der Waals surface area contributed by atoms with Crippen molar-refractivity contribution in [3.8, 4) is 28.5 Å². The maximum Gasteiger partial charge on any atom is 0.261 e. The monoisotopic (exact) mass is 607 g/mol. The van der Waals surface area contributed by atoms with Gasteiger partial charge in [0, 0.05) is 56.1 Å². The molecular weight excluding hydrogens is 570 g/mol. The predicted molar refractivity (Wildman–Crippen MR) is 176 cm³/mol. The number of hydrogen-bond donors (Lipinski definition) is 2. The molecule has 0 spiro atoms. The van der Waals surface area contributed by atoms with Gasteiger partial charge in [0.15, 0.2) is 5.82 Å². The molecule has 0 saturated carbocycles. The number of rotatable bonds is 11. The Hall–Kier alpha value is -5.23. The molecule has 45 heavy (non-hydrogen) atoms. The first-order valence-electron chi connectivity index (χ1n) is 14.8. The van der Waals surface area contributed by atoms with Crippen LogP contribution in [0.1, 0.15) is 17.8 Å². The Morgan fingerprint density at radius 1 is 1.16 bits per heavy atom. The van der Waals surface area contributed by atoms with E-state index in [2.05, 4.69) is 71.1 Å². The Morgan fingerprint density at radius 3 is 2.73 bits per heavy atom. The fraction of sp³-hybridized carbons (Fsp3) is 0.303. The summed E-state index contributed by atoms with van der Waals surface area (Å²) in [5.74, 6) is 1.45. The van der Waals surface area contributed by atoms with Crippen LogP contribution >= 0.6 is 0 Å². The molecule has 0 atom stereocenters. The average Bonchev–Trinajstić information content (AvgIpc) is 3.64. The molecule has 12 heteroatoms. The Kier molecular flexibility index (Phi) is 8.22. The molecule has 12 nitrogen and oxygen atoms in total. The zero-order valence-corrected chi connectivity index (χ0v) is 26.2. The van der Waals surface area contributed by atoms with Crippen LogP contribution in [0, 0.1) is 6.92 Å². The third-order valence-electron chi connectivity index (χ3n) is 7.93. The number of hydrogen-bond acceptors (Lipinski definition) is 10. The van der Waals surface area contributed by atoms with Crippen molar-refractivity contribution in [1.29, 1.82) is 0 Å². The third-order valence-corrected chi connectivity index (χ3v) is 7.93. The van der Waals surface area contributed by atoms with Crippen LogP contribution in [0.4, 0.5) is 23.0 Å². The predicted octanol–water partition coefficient (Wildman–Crippen LogP) is 5.28. The molecule has 3 aromatic heterocycles. The molecule has 6 rings (SSSR count). The molecule has 0 bridgehead atoms. The molecule has 1 amide bonds. The molecule has 0 fully saturated rings. The van der Waals surface area contributed by atoms with Gasteiger partial charge < -0.3 is 34.3 Å². The minimum Gasteiger partial charge on any atom is -0.494 e. The summed E-state index contributed by atoms with van der Waals surface area (Å²) in [7, 11) is 7.62. The molecule has 0 aliphatic carbocycles. The zero-order chi connectivity index (χ0) is 31.7. The average molecular weight is 608 g/mol. The van der Waals surface area contributed by atoms with E-state index in [1.54, 1.807) is 20.2 Å². The van der Waals surface area contributed by atoms with Crippen molar-refractivity contribution < 1.29 is 14.1 Å². The number of benzene rings is 2. The number of nitrogens with zero attached hydrogens (tertiary/aromatic N) is 7. The van der Waals surface area contributed by atoms with Gasteiger partial charge in [-0.05, 0) is 51.6 Å². The fourth-order valence-electron chi connectivity index (χ4n) is 5.68. The summed E-state index contributed by atoms with van der Waals surface area (Å²) in [4.78, 5) is 30.7. The second kappa shape index (κ2) is 12.4. The largest absolute Gasteiger partial charge is 0.494 e. The van der Waals surface area contributed by atoms with E-state index in [-0.39, 0.29) is 5.91 Å². The summed E-state index contributed by atoms with van der Waals surface area (Å²) in [6.07, 6.45) is 7.21. The van der Waals surface area contributed by atoms with Gasteiger partial charge in [-0.15, -0.1) is 0 Å². The molecule has 0 saturated heterocycles. The Bertz CT molecular complexity index is 1890. The van der Waals surface area contributed by atoms with E-state index in [9.17, 15) is 4.79 Å². The number of carbonyl (C=O) groups is 1. The van der Waals surface area contributed by atoms with Crippen LogP contribution in [0.3, 0.4) is 0 Å². The summed E-state index contributed by atoms with van der Waals surface area (Å²) < 4.78 is 13.7. The SMILES string of the molecule is C=CC(=O)Nc1cc(Nc2ncc(-c3nc(C)no3)c(-c3cn4c5c(cccc35)CCC4)n2)c(OC)cc1N(C)CCN(C)C. The van der Waals surface area contributed by atoms with E-state index < -0.39 is 0 Å². The quantitative estimate of drug-likeness (QED) is 0.192. The number of ether oxygens (including phenoxy) is 1. The maximum absolute atomic E-state index is 12.4. The van der Waals surface area contributed by atoms with Crippen LogP contribution in [0.25, 0.3) is 33.6 Å². The number of nitrogens with one attached hydrogen (secondary N) is 2. The normalized spacial score (nSPS) is 12.4. The Labute approximate surface area is 261 Å². The zero-order valence-electron chi connectivity index (χ0n) is 26.2. The van der Waals surface area contributed by atoms with Crippen molar-refractivity contribution in [3.63, 3.8) is 0 Å². The summed E-state index contributed by atoms with van der Waals surface area (Å²) in [6, 6.07) is 10.1. The highest BCUT2D eigenvalue weighted by atomic mass is 16.5. The second-order valence-corrected chi connectivity index (χ2v) is 11.4. The van der Waals surface area contributed by atoms with Crippen molar-refractivity contribution in [2.45, 2.75) is 26.3 Å². The number of carbonyl (C=O) groups excluding carboxylic acids is 1. The first-order valence-corrected chi connectivity index (χ1v) is 14.8. The molecule has 2 aromatic carbocycles. The molecule has 232 valence electrons. The number of para-hydroxylation sites is 1. The van der Waals surface area contributed by atoms with Crippen LogP contribution in [-0.4, -0.2) is 76.8 Å². The van der Waals surface area contributed by atoms with Crippen molar-refractivity contribution in [3.05, 3.63) is 66.8 Å². The van der Waals surface area contributed by atoms with Crippen molar-refractivity contribution in [1.82, 2.24) is 29.6 Å². The lowest BCUT2D eigenvalue weighted by Gasteiger charge is -2.26. The number of anilines is 4. The topological polar surface area (TPSA) is 126 Å². The van der Waals surface area contributed by atoms with Crippen LogP contribution in [0.15, 0.2) is 59.9 Å². The third kappa shape index (κ3) is 5.96. The molecule has 1 aliphatic heterocycles. The lowest BCUT2D eigenvalue weighted by molar-refractivity contribution is -0.111. The standard InChI is InChI=1S/C33H37N9O3/c1-7-29(43)36-25-16-26(28(44-6)17-27(25)41(5)15-14-40(3)4)37-33-34-18-23(32-35-20(2)39-45-32)30(38-33)24-19-42-13-9-11-21-10-8-12-22(24)31(21)42/h7-8,10,12,16-19H,1,9,11,13-15H2,2-6H3,(H,36,43)(H,34,37,38). The van der Waals surface area contributed by atoms with E-state index in [4.69, 9.17) is 14.2 Å². The molecule has 2 N–H and O–H groups in total. The highest BCUT2D eigenvalue weighted by molar-refractivity contribution is 6.02. The minimum absolute atomic E-state index is 0.320. The lowest BCUT2D eigenvalue weighted by Crippen LogP contribution is -2.29. The van der Waals surface area contributed by atoms with E-state index in [1.807, 2.05) is 33.3 Å². The van der Waals surface area contributed by atoms with Crippen LogP contribution in [0.5, 0.6) is 5.75 Å². The number of methoxy groups -OCH3 is 1. The molecular formula is C33H37N9O3. The highest BCUT2D eigenvalue weighted by Gasteiger charge is 2.24. The minimum atomic E-state index is -0.320. The van der Waals surface area contributed by atoms with Gasteiger partial charge in [-0.1, -0.05) is 29.9 Å². The number of amides is 1. The first-order chi connectivity index (χ1) is 21.7. The van der Waals surface area contributed by atoms with E-state index >= 15 is 0 Å². The molecule has 0 unspecified atom stereocenters. The second-order valence-electron chi connectivity index (χ2n) is 11.4. The Balaban J connectivity index is 1.45. The molecule has 1 aliphatic rings. The smallest absolute Gasteiger partial charge is 0.261 e. The van der Waals surface area contributed by atoms with Gasteiger partial charge >= 0.3 is 0 Å². The van der Waals surface area contributed by atoms with E-state index in [0.717, 1.165) is 49.1 Å². The van der Waals surface area contributed by atoms with E-state index in [1.165, 1.54) is 17.2 Å². The Morgan fingerprint density at radius 2 is 2.00 bits per heavy atom.